The number of aliphatic imine (C=N–C) groups is 1. The molecule has 1 saturated heterocycles. The number of nitrogens with two attached hydrogens (primary N) is 1. The van der Waals surface area contributed by atoms with Gasteiger partial charge in [0.25, 0.3) is 0 Å². The zero-order chi connectivity index (χ0) is 17.8. The van der Waals surface area contributed by atoms with E-state index in [1.54, 1.807) is 18.5 Å². The minimum atomic E-state index is -0.972. The molecule has 2 N–H and O–H groups in total. The molecule has 25 heavy (non-hydrogen) atoms. The summed E-state index contributed by atoms with van der Waals surface area (Å²) in [7, 11) is 0. The maximum atomic E-state index is 13.6. The van der Waals surface area contributed by atoms with Gasteiger partial charge in [0.15, 0.2) is 5.96 Å². The lowest BCUT2D eigenvalue weighted by atomic mass is 10.2. The van der Waals surface area contributed by atoms with Crippen LogP contribution in [0, 0.1) is 17.5 Å². The Kier molecular flexibility index (Phi) is 5.01. The molecule has 2 heterocycles. The van der Waals surface area contributed by atoms with E-state index in [4.69, 9.17) is 5.73 Å². The lowest BCUT2D eigenvalue weighted by Crippen LogP contribution is -2.51. The standard InChI is InChI=1S/C16H17F3N6/c17-11-8-13(18)12(14(19)9-11)10-23-15(20)24-4-6-25(7-5-24)16-21-2-1-3-22-16/h1-3,8-9H,4-7,10H2,(H2,20,23). The highest BCUT2D eigenvalue weighted by molar-refractivity contribution is 5.78. The van der Waals surface area contributed by atoms with Crippen LogP contribution in [0.15, 0.2) is 35.6 Å². The van der Waals surface area contributed by atoms with Crippen LogP contribution in [-0.4, -0.2) is 47.0 Å². The fourth-order valence-corrected chi connectivity index (χ4v) is 2.57. The summed E-state index contributed by atoms with van der Waals surface area (Å²) in [5.74, 6) is -2.07. The summed E-state index contributed by atoms with van der Waals surface area (Å²) in [5.41, 5.74) is 5.61. The molecule has 6 nitrogen and oxygen atoms in total. The van der Waals surface area contributed by atoms with E-state index in [1.165, 1.54) is 0 Å². The van der Waals surface area contributed by atoms with E-state index in [2.05, 4.69) is 15.0 Å². The number of hydrogen-bond donors (Lipinski definition) is 1. The molecule has 132 valence electrons. The van der Waals surface area contributed by atoms with Gasteiger partial charge in [-0.2, -0.15) is 0 Å². The predicted molar refractivity (Wildman–Crippen MR) is 87.5 cm³/mol. The van der Waals surface area contributed by atoms with Gasteiger partial charge in [0.2, 0.25) is 5.95 Å². The van der Waals surface area contributed by atoms with E-state index in [9.17, 15) is 13.2 Å². The molecular weight excluding hydrogens is 333 g/mol. The first-order chi connectivity index (χ1) is 12.0. The van der Waals surface area contributed by atoms with Crippen molar-refractivity contribution in [1.82, 2.24) is 14.9 Å². The molecular formula is C16H17F3N6. The Bertz CT molecular complexity index is 737. The van der Waals surface area contributed by atoms with Crippen LogP contribution in [0.4, 0.5) is 19.1 Å². The zero-order valence-electron chi connectivity index (χ0n) is 13.4. The van der Waals surface area contributed by atoms with Gasteiger partial charge in [-0.15, -0.1) is 0 Å². The molecule has 0 atom stereocenters. The monoisotopic (exact) mass is 350 g/mol. The molecule has 3 rings (SSSR count). The third-order valence-electron chi connectivity index (χ3n) is 3.94. The van der Waals surface area contributed by atoms with Gasteiger partial charge < -0.3 is 15.5 Å². The van der Waals surface area contributed by atoms with E-state index in [1.807, 2.05) is 9.80 Å². The maximum absolute atomic E-state index is 13.6. The molecule has 1 aliphatic rings. The molecule has 2 aromatic rings. The number of guanidine groups is 1. The number of benzene rings is 1. The minimum Gasteiger partial charge on any atom is -0.370 e. The second kappa shape index (κ2) is 7.37. The summed E-state index contributed by atoms with van der Waals surface area (Å²) in [5, 5.41) is 0. The number of nitrogens with zero attached hydrogens (tertiary/aromatic N) is 5. The lowest BCUT2D eigenvalue weighted by molar-refractivity contribution is 0.378. The lowest BCUT2D eigenvalue weighted by Gasteiger charge is -2.35. The van der Waals surface area contributed by atoms with E-state index in [0.29, 0.717) is 44.3 Å². The molecule has 0 aliphatic carbocycles. The Hall–Kier alpha value is -2.84. The molecule has 1 aromatic carbocycles. The molecule has 1 fully saturated rings. The van der Waals surface area contributed by atoms with Gasteiger partial charge in [0, 0.05) is 56.3 Å². The van der Waals surface area contributed by atoms with Gasteiger partial charge in [0.05, 0.1) is 6.54 Å². The van der Waals surface area contributed by atoms with Gasteiger partial charge in [0.1, 0.15) is 17.5 Å². The second-order valence-electron chi connectivity index (χ2n) is 5.55. The number of rotatable bonds is 3. The first-order valence-corrected chi connectivity index (χ1v) is 7.75. The number of hydrogen-bond acceptors (Lipinski definition) is 4. The number of halogens is 3. The first kappa shape index (κ1) is 17.0. The van der Waals surface area contributed by atoms with Crippen LogP contribution in [0.2, 0.25) is 0 Å². The van der Waals surface area contributed by atoms with Crippen LogP contribution in [0.1, 0.15) is 5.56 Å². The highest BCUT2D eigenvalue weighted by Gasteiger charge is 2.20. The largest absolute Gasteiger partial charge is 0.370 e. The predicted octanol–water partition coefficient (Wildman–Crippen LogP) is 1.53. The second-order valence-corrected chi connectivity index (χ2v) is 5.55. The van der Waals surface area contributed by atoms with Crippen molar-refractivity contribution >= 4 is 11.9 Å². The van der Waals surface area contributed by atoms with Crippen molar-refractivity contribution in [2.24, 2.45) is 10.7 Å². The Morgan fingerprint density at radius 1 is 1.04 bits per heavy atom. The Morgan fingerprint density at radius 2 is 1.64 bits per heavy atom. The molecule has 9 heteroatoms. The summed E-state index contributed by atoms with van der Waals surface area (Å²) in [4.78, 5) is 16.3. The quantitative estimate of drug-likeness (QED) is 0.672. The van der Waals surface area contributed by atoms with E-state index in [-0.39, 0.29) is 18.1 Å². The zero-order valence-corrected chi connectivity index (χ0v) is 13.4. The molecule has 1 aromatic heterocycles. The van der Waals surface area contributed by atoms with Crippen molar-refractivity contribution in [2.45, 2.75) is 6.54 Å². The average Bonchev–Trinajstić information content (AvgIpc) is 2.61. The molecule has 1 aliphatic heterocycles. The third-order valence-corrected chi connectivity index (χ3v) is 3.94. The van der Waals surface area contributed by atoms with Gasteiger partial charge in [-0.05, 0) is 6.07 Å². The van der Waals surface area contributed by atoms with Crippen molar-refractivity contribution in [3.8, 4) is 0 Å². The molecule has 0 spiro atoms. The van der Waals surface area contributed by atoms with E-state index in [0.717, 1.165) is 0 Å². The van der Waals surface area contributed by atoms with Crippen LogP contribution in [0.25, 0.3) is 0 Å². The first-order valence-electron chi connectivity index (χ1n) is 7.75. The van der Waals surface area contributed by atoms with E-state index < -0.39 is 17.5 Å². The number of anilines is 1. The highest BCUT2D eigenvalue weighted by atomic mass is 19.1. The minimum absolute atomic E-state index is 0.191. The smallest absolute Gasteiger partial charge is 0.225 e. The van der Waals surface area contributed by atoms with Crippen LogP contribution >= 0.6 is 0 Å². The molecule has 0 bridgehead atoms. The van der Waals surface area contributed by atoms with Crippen LogP contribution in [0.3, 0.4) is 0 Å². The van der Waals surface area contributed by atoms with Gasteiger partial charge in [-0.3, -0.25) is 0 Å². The Labute approximate surface area is 142 Å². The van der Waals surface area contributed by atoms with E-state index >= 15 is 0 Å². The van der Waals surface area contributed by atoms with Crippen molar-refractivity contribution in [1.29, 1.82) is 0 Å². The molecule has 0 unspecified atom stereocenters. The molecule has 0 radical (unpaired) electrons. The topological polar surface area (TPSA) is 70.6 Å². The molecule has 0 saturated carbocycles. The summed E-state index contributed by atoms with van der Waals surface area (Å²) in [6.07, 6.45) is 3.35. The fourth-order valence-electron chi connectivity index (χ4n) is 2.57. The summed E-state index contributed by atoms with van der Waals surface area (Å²) in [6, 6.07) is 3.00. The van der Waals surface area contributed by atoms with Gasteiger partial charge in [-0.1, -0.05) is 0 Å². The van der Waals surface area contributed by atoms with Crippen LogP contribution in [-0.2, 0) is 6.54 Å². The SMILES string of the molecule is NC(=NCc1c(F)cc(F)cc1F)N1CCN(c2ncccn2)CC1. The fraction of sp³-hybridized carbons (Fsp3) is 0.312. The number of piperazine rings is 1. The summed E-state index contributed by atoms with van der Waals surface area (Å²) >= 11 is 0. The van der Waals surface area contributed by atoms with Crippen molar-refractivity contribution in [2.75, 3.05) is 31.1 Å². The van der Waals surface area contributed by atoms with Crippen LogP contribution < -0.4 is 10.6 Å². The maximum Gasteiger partial charge on any atom is 0.225 e. The van der Waals surface area contributed by atoms with Crippen molar-refractivity contribution in [3.63, 3.8) is 0 Å². The Balaban J connectivity index is 1.61. The number of aromatic nitrogens is 2. The van der Waals surface area contributed by atoms with Gasteiger partial charge in [-0.25, -0.2) is 28.1 Å². The normalized spacial score (nSPS) is 15.6. The third kappa shape index (κ3) is 3.98. The Morgan fingerprint density at radius 3 is 2.24 bits per heavy atom. The van der Waals surface area contributed by atoms with Crippen molar-refractivity contribution in [3.05, 3.63) is 53.6 Å². The highest BCUT2D eigenvalue weighted by Crippen LogP contribution is 2.16. The molecule has 0 amide bonds. The van der Waals surface area contributed by atoms with Crippen molar-refractivity contribution < 1.29 is 13.2 Å². The summed E-state index contributed by atoms with van der Waals surface area (Å²) in [6.45, 7) is 2.19. The van der Waals surface area contributed by atoms with Gasteiger partial charge >= 0.3 is 0 Å². The average molecular weight is 350 g/mol. The summed E-state index contributed by atoms with van der Waals surface area (Å²) < 4.78 is 40.1. The van der Waals surface area contributed by atoms with Crippen LogP contribution in [0.5, 0.6) is 0 Å².